The van der Waals surface area contributed by atoms with Gasteiger partial charge in [-0.3, -0.25) is 14.4 Å². The van der Waals surface area contributed by atoms with Crippen molar-refractivity contribution in [1.82, 2.24) is 0 Å². The smallest absolute Gasteiger partial charge is 0.212 e. The number of aliphatic hydroxyl groups is 1. The highest BCUT2D eigenvalue weighted by atomic mass is 16.3. The zero-order valence-corrected chi connectivity index (χ0v) is 20.7. The first-order chi connectivity index (χ1) is 15.6. The molecule has 0 aromatic carbocycles. The van der Waals surface area contributed by atoms with Crippen molar-refractivity contribution in [2.75, 3.05) is 0 Å². The van der Waals surface area contributed by atoms with Gasteiger partial charge in [-0.1, -0.05) is 76.7 Å². The minimum atomic E-state index is -1.21. The van der Waals surface area contributed by atoms with Crippen molar-refractivity contribution in [3.63, 3.8) is 0 Å². The van der Waals surface area contributed by atoms with Gasteiger partial charge in [-0.25, -0.2) is 0 Å². The quantitative estimate of drug-likeness (QED) is 0.104. The number of carbonyl (C=O) groups is 2. The van der Waals surface area contributed by atoms with E-state index in [1.54, 1.807) is 6.29 Å². The lowest BCUT2D eigenvalue weighted by Gasteiger charge is -2.15. The molecular formula is C28H47O4. The Balaban J connectivity index is 3.99. The van der Waals surface area contributed by atoms with Crippen LogP contribution >= 0.6 is 0 Å². The first kappa shape index (κ1) is 30.4. The first-order valence-corrected chi connectivity index (χ1v) is 13.0. The molecule has 0 rings (SSSR count). The third-order valence-electron chi connectivity index (χ3n) is 5.71. The van der Waals surface area contributed by atoms with Gasteiger partial charge in [0.2, 0.25) is 6.29 Å². The number of unbranched alkanes of at least 4 members (excludes halogenated alkanes) is 10. The minimum absolute atomic E-state index is 0.162. The number of allylic oxidation sites excluding steroid dienone is 4. The molecule has 0 aliphatic heterocycles. The number of ketones is 2. The van der Waals surface area contributed by atoms with Gasteiger partial charge in [0, 0.05) is 6.42 Å². The maximum Gasteiger partial charge on any atom is 0.212 e. The van der Waals surface area contributed by atoms with Crippen molar-refractivity contribution in [3.8, 4) is 0 Å². The van der Waals surface area contributed by atoms with Crippen LogP contribution in [-0.2, 0) is 14.4 Å². The molecule has 0 heterocycles. The zero-order valence-electron chi connectivity index (χ0n) is 20.7. The van der Waals surface area contributed by atoms with E-state index in [1.165, 1.54) is 51.4 Å². The summed E-state index contributed by atoms with van der Waals surface area (Å²) in [7, 11) is 0. The summed E-state index contributed by atoms with van der Waals surface area (Å²) in [5.41, 5.74) is 0. The Kier molecular flexibility index (Phi) is 21.5. The third-order valence-corrected chi connectivity index (χ3v) is 5.71. The lowest BCUT2D eigenvalue weighted by Crippen LogP contribution is -2.31. The van der Waals surface area contributed by atoms with Crippen LogP contribution in [-0.4, -0.2) is 29.1 Å². The molecule has 1 N–H and O–H groups in total. The van der Waals surface area contributed by atoms with Crippen molar-refractivity contribution < 1.29 is 19.5 Å². The molecule has 4 nitrogen and oxygen atoms in total. The molecule has 0 aliphatic carbocycles. The van der Waals surface area contributed by atoms with E-state index in [-0.39, 0.29) is 12.2 Å². The molecule has 0 aromatic heterocycles. The van der Waals surface area contributed by atoms with E-state index in [0.29, 0.717) is 25.7 Å². The standard InChI is InChI=1S/C28H47O4/c1-3-5-7-9-11-13-15-17-19-21-25(30)23-28(32)26(24-29)27(31)22-20-18-16-14-12-10-8-6-4-2/h13-16,26-27,31H,3-12,17-23H2,1-2H3. The van der Waals surface area contributed by atoms with Crippen LogP contribution in [0.2, 0.25) is 0 Å². The van der Waals surface area contributed by atoms with Crippen LogP contribution in [0.15, 0.2) is 24.3 Å². The molecule has 2 unspecified atom stereocenters. The summed E-state index contributed by atoms with van der Waals surface area (Å²) in [4.78, 5) is 35.6. The summed E-state index contributed by atoms with van der Waals surface area (Å²) in [6, 6.07) is 0. The van der Waals surface area contributed by atoms with Gasteiger partial charge in [-0.05, 0) is 57.8 Å². The molecule has 4 heteroatoms. The Hall–Kier alpha value is -1.55. The molecular weight excluding hydrogens is 400 g/mol. The number of hydrogen-bond donors (Lipinski definition) is 1. The second-order valence-corrected chi connectivity index (χ2v) is 8.81. The lowest BCUT2D eigenvalue weighted by molar-refractivity contribution is -0.129. The fourth-order valence-electron chi connectivity index (χ4n) is 3.63. The molecule has 2 atom stereocenters. The van der Waals surface area contributed by atoms with E-state index >= 15 is 0 Å². The highest BCUT2D eigenvalue weighted by molar-refractivity contribution is 6.05. The van der Waals surface area contributed by atoms with Crippen molar-refractivity contribution in [3.05, 3.63) is 24.3 Å². The van der Waals surface area contributed by atoms with Gasteiger partial charge in [0.05, 0.1) is 12.5 Å². The van der Waals surface area contributed by atoms with Crippen molar-refractivity contribution in [2.24, 2.45) is 5.92 Å². The van der Waals surface area contributed by atoms with Crippen molar-refractivity contribution >= 4 is 17.9 Å². The number of rotatable bonds is 23. The first-order valence-electron chi connectivity index (χ1n) is 13.0. The average Bonchev–Trinajstić information content (AvgIpc) is 2.77. The van der Waals surface area contributed by atoms with Crippen LogP contribution < -0.4 is 0 Å². The summed E-state index contributed by atoms with van der Waals surface area (Å²) >= 11 is 0. The topological polar surface area (TPSA) is 71.4 Å². The predicted molar refractivity (Wildman–Crippen MR) is 133 cm³/mol. The SMILES string of the molecule is CCCCCCC=CCCCC(=O)CC(=O)C([C]=O)C(O)CCCC=CCCCCCC. The molecule has 0 saturated heterocycles. The predicted octanol–water partition coefficient (Wildman–Crippen LogP) is 7.00. The maximum absolute atomic E-state index is 12.3. The number of hydrogen-bond acceptors (Lipinski definition) is 4. The van der Waals surface area contributed by atoms with Crippen LogP contribution in [0.25, 0.3) is 0 Å². The van der Waals surface area contributed by atoms with E-state index in [0.717, 1.165) is 25.7 Å². The summed E-state index contributed by atoms with van der Waals surface area (Å²) in [5.74, 6) is -1.87. The van der Waals surface area contributed by atoms with E-state index < -0.39 is 17.8 Å². The largest absolute Gasteiger partial charge is 0.392 e. The van der Waals surface area contributed by atoms with Crippen LogP contribution in [0.5, 0.6) is 0 Å². The van der Waals surface area contributed by atoms with Crippen molar-refractivity contribution in [1.29, 1.82) is 0 Å². The molecule has 0 fully saturated rings. The van der Waals surface area contributed by atoms with Gasteiger partial charge >= 0.3 is 0 Å². The maximum atomic E-state index is 12.3. The van der Waals surface area contributed by atoms with E-state index in [1.807, 2.05) is 0 Å². The van der Waals surface area contributed by atoms with Gasteiger partial charge in [0.15, 0.2) is 5.78 Å². The highest BCUT2D eigenvalue weighted by Gasteiger charge is 2.28. The van der Waals surface area contributed by atoms with E-state index in [4.69, 9.17) is 0 Å². The van der Waals surface area contributed by atoms with Gasteiger partial charge in [0.25, 0.3) is 0 Å². The molecule has 1 radical (unpaired) electrons. The Labute approximate surface area is 196 Å². The fourth-order valence-corrected chi connectivity index (χ4v) is 3.63. The average molecular weight is 448 g/mol. The Morgan fingerprint density at radius 3 is 1.75 bits per heavy atom. The van der Waals surface area contributed by atoms with E-state index in [9.17, 15) is 19.5 Å². The van der Waals surface area contributed by atoms with Crippen LogP contribution in [0, 0.1) is 5.92 Å². The number of carbonyl (C=O) groups excluding carboxylic acids is 3. The van der Waals surface area contributed by atoms with Crippen molar-refractivity contribution in [2.45, 2.75) is 129 Å². The zero-order chi connectivity index (χ0) is 23.9. The summed E-state index contributed by atoms with van der Waals surface area (Å²) in [6.07, 6.45) is 24.7. The van der Waals surface area contributed by atoms with Gasteiger partial charge < -0.3 is 5.11 Å². The second-order valence-electron chi connectivity index (χ2n) is 8.81. The molecule has 183 valence electrons. The summed E-state index contributed by atoms with van der Waals surface area (Å²) in [5, 5.41) is 10.2. The fraction of sp³-hybridized carbons (Fsp3) is 0.750. The molecule has 0 amide bonds. The van der Waals surface area contributed by atoms with Crippen LogP contribution in [0.1, 0.15) is 123 Å². The minimum Gasteiger partial charge on any atom is -0.392 e. The molecule has 32 heavy (non-hydrogen) atoms. The molecule has 0 aliphatic rings. The Bertz CT molecular complexity index is 536. The number of aliphatic hydroxyl groups excluding tert-OH is 1. The third kappa shape index (κ3) is 18.1. The highest BCUT2D eigenvalue weighted by Crippen LogP contribution is 2.14. The van der Waals surface area contributed by atoms with Crippen LogP contribution in [0.3, 0.4) is 0 Å². The summed E-state index contributed by atoms with van der Waals surface area (Å²) < 4.78 is 0. The number of Topliss-reactive ketones (excluding diaryl/α,β-unsaturated/α-hetero) is 2. The van der Waals surface area contributed by atoms with E-state index in [2.05, 4.69) is 38.2 Å². The normalized spacial score (nSPS) is 13.6. The van der Waals surface area contributed by atoms with Gasteiger partial charge in [-0.2, -0.15) is 0 Å². The monoisotopic (exact) mass is 447 g/mol. The van der Waals surface area contributed by atoms with Crippen LogP contribution in [0.4, 0.5) is 0 Å². The molecule has 0 bridgehead atoms. The molecule has 0 spiro atoms. The van der Waals surface area contributed by atoms with Gasteiger partial charge in [0.1, 0.15) is 11.7 Å². The second kappa shape index (κ2) is 22.6. The summed E-state index contributed by atoms with van der Waals surface area (Å²) in [6.45, 7) is 4.39. The Morgan fingerprint density at radius 2 is 1.25 bits per heavy atom. The lowest BCUT2D eigenvalue weighted by atomic mass is 9.91. The molecule has 0 saturated carbocycles. The Morgan fingerprint density at radius 1 is 0.750 bits per heavy atom. The molecule has 0 aromatic rings. The van der Waals surface area contributed by atoms with Gasteiger partial charge in [-0.15, -0.1) is 0 Å².